The Hall–Kier alpha value is -1.10. The van der Waals surface area contributed by atoms with Crippen LogP contribution in [0.25, 0.3) is 0 Å². The van der Waals surface area contributed by atoms with Gasteiger partial charge in [-0.15, -0.1) is 0 Å². The lowest BCUT2D eigenvalue weighted by molar-refractivity contribution is -0.148. The van der Waals surface area contributed by atoms with Gasteiger partial charge in [0.2, 0.25) is 5.91 Å². The second kappa shape index (κ2) is 4.95. The van der Waals surface area contributed by atoms with Crippen LogP contribution in [0.3, 0.4) is 0 Å². The number of carboxylic acid groups (broad SMARTS) is 1. The van der Waals surface area contributed by atoms with Crippen LogP contribution in [-0.2, 0) is 9.59 Å². The van der Waals surface area contributed by atoms with Gasteiger partial charge in [0.1, 0.15) is 6.04 Å². The highest BCUT2D eigenvalue weighted by Gasteiger charge is 2.33. The molecule has 5 heteroatoms. The van der Waals surface area contributed by atoms with E-state index in [-0.39, 0.29) is 5.91 Å². The smallest absolute Gasteiger partial charge is 0.326 e. The number of carboxylic acids is 1. The molecule has 0 spiro atoms. The molecule has 0 aliphatic carbocycles. The zero-order valence-corrected chi connectivity index (χ0v) is 8.11. The van der Waals surface area contributed by atoms with Crippen molar-refractivity contribution >= 4 is 11.9 Å². The minimum atomic E-state index is -0.899. The fourth-order valence-corrected chi connectivity index (χ4v) is 1.72. The van der Waals surface area contributed by atoms with E-state index in [1.807, 2.05) is 0 Å². The lowest BCUT2D eigenvalue weighted by atomic mass is 10.2. The van der Waals surface area contributed by atoms with E-state index in [0.29, 0.717) is 32.4 Å². The molecule has 1 aliphatic heterocycles. The summed E-state index contributed by atoms with van der Waals surface area (Å²) in [7, 11) is 0. The summed E-state index contributed by atoms with van der Waals surface area (Å²) >= 11 is 0. The summed E-state index contributed by atoms with van der Waals surface area (Å²) < 4.78 is 0. The predicted molar refractivity (Wildman–Crippen MR) is 50.7 cm³/mol. The summed E-state index contributed by atoms with van der Waals surface area (Å²) in [5, 5.41) is 8.84. The second-order valence-electron chi connectivity index (χ2n) is 3.48. The third-order valence-corrected chi connectivity index (χ3v) is 2.45. The lowest BCUT2D eigenvalue weighted by Gasteiger charge is -2.21. The number of likely N-dealkylation sites (tertiary alicyclic amines) is 1. The average Bonchev–Trinajstić information content (AvgIpc) is 2.62. The van der Waals surface area contributed by atoms with Gasteiger partial charge in [-0.3, -0.25) is 4.79 Å². The number of carbonyl (C=O) groups excluding carboxylic acids is 1. The zero-order valence-electron chi connectivity index (χ0n) is 8.11. The van der Waals surface area contributed by atoms with Crippen LogP contribution in [0.4, 0.5) is 0 Å². The molecular weight excluding hydrogens is 184 g/mol. The van der Waals surface area contributed by atoms with E-state index in [1.165, 1.54) is 4.90 Å². The van der Waals surface area contributed by atoms with Crippen molar-refractivity contribution in [3.63, 3.8) is 0 Å². The maximum absolute atomic E-state index is 11.5. The Kier molecular flexibility index (Phi) is 3.88. The van der Waals surface area contributed by atoms with E-state index in [0.717, 1.165) is 6.42 Å². The Morgan fingerprint density at radius 3 is 2.79 bits per heavy atom. The zero-order chi connectivity index (χ0) is 10.6. The van der Waals surface area contributed by atoms with Gasteiger partial charge in [-0.1, -0.05) is 0 Å². The van der Waals surface area contributed by atoms with Crippen LogP contribution in [0.2, 0.25) is 0 Å². The van der Waals surface area contributed by atoms with Gasteiger partial charge in [0.15, 0.2) is 0 Å². The SMILES string of the molecule is NCCCC(=O)N1CCC[C@H]1C(=O)O. The monoisotopic (exact) mass is 200 g/mol. The first kappa shape index (κ1) is 11.0. The summed E-state index contributed by atoms with van der Waals surface area (Å²) in [4.78, 5) is 23.8. The summed E-state index contributed by atoms with van der Waals surface area (Å²) in [6.45, 7) is 1.04. The first-order valence-corrected chi connectivity index (χ1v) is 4.89. The highest BCUT2D eigenvalue weighted by atomic mass is 16.4. The number of aliphatic carboxylic acids is 1. The molecule has 0 saturated carbocycles. The fourth-order valence-electron chi connectivity index (χ4n) is 1.72. The fraction of sp³-hybridized carbons (Fsp3) is 0.778. The Bertz CT molecular complexity index is 230. The Balaban J connectivity index is 2.49. The number of carbonyl (C=O) groups is 2. The van der Waals surface area contributed by atoms with Gasteiger partial charge in [0.25, 0.3) is 0 Å². The molecule has 1 fully saturated rings. The third-order valence-electron chi connectivity index (χ3n) is 2.45. The van der Waals surface area contributed by atoms with Crippen molar-refractivity contribution in [1.29, 1.82) is 0 Å². The molecule has 1 heterocycles. The van der Waals surface area contributed by atoms with Crippen molar-refractivity contribution in [3.05, 3.63) is 0 Å². The predicted octanol–water partition coefficient (Wildman–Crippen LogP) is -0.199. The van der Waals surface area contributed by atoms with E-state index in [4.69, 9.17) is 10.8 Å². The van der Waals surface area contributed by atoms with Gasteiger partial charge in [-0.25, -0.2) is 4.79 Å². The second-order valence-corrected chi connectivity index (χ2v) is 3.48. The Morgan fingerprint density at radius 2 is 2.21 bits per heavy atom. The average molecular weight is 200 g/mol. The van der Waals surface area contributed by atoms with E-state index in [2.05, 4.69) is 0 Å². The summed E-state index contributed by atoms with van der Waals surface area (Å²) in [6, 6.07) is -0.611. The molecule has 0 aromatic carbocycles. The minimum Gasteiger partial charge on any atom is -0.480 e. The van der Waals surface area contributed by atoms with E-state index >= 15 is 0 Å². The topological polar surface area (TPSA) is 83.6 Å². The lowest BCUT2D eigenvalue weighted by Crippen LogP contribution is -2.40. The van der Waals surface area contributed by atoms with Crippen molar-refractivity contribution in [2.24, 2.45) is 5.73 Å². The first-order valence-electron chi connectivity index (χ1n) is 4.89. The number of hydrogen-bond donors (Lipinski definition) is 2. The molecule has 0 aromatic heterocycles. The highest BCUT2D eigenvalue weighted by Crippen LogP contribution is 2.18. The van der Waals surface area contributed by atoms with Crippen LogP contribution in [0.1, 0.15) is 25.7 Å². The van der Waals surface area contributed by atoms with Crippen LogP contribution >= 0.6 is 0 Å². The third kappa shape index (κ3) is 2.45. The molecule has 0 bridgehead atoms. The number of nitrogens with zero attached hydrogens (tertiary/aromatic N) is 1. The van der Waals surface area contributed by atoms with Gasteiger partial charge in [-0.05, 0) is 25.8 Å². The normalized spacial score (nSPS) is 21.2. The van der Waals surface area contributed by atoms with Crippen LogP contribution in [0.15, 0.2) is 0 Å². The van der Waals surface area contributed by atoms with Gasteiger partial charge >= 0.3 is 5.97 Å². The maximum Gasteiger partial charge on any atom is 0.326 e. The molecule has 14 heavy (non-hydrogen) atoms. The van der Waals surface area contributed by atoms with Gasteiger partial charge in [0, 0.05) is 13.0 Å². The van der Waals surface area contributed by atoms with E-state index < -0.39 is 12.0 Å². The molecule has 1 saturated heterocycles. The number of rotatable bonds is 4. The quantitative estimate of drug-likeness (QED) is 0.658. The van der Waals surface area contributed by atoms with E-state index in [9.17, 15) is 9.59 Å². The van der Waals surface area contributed by atoms with Gasteiger partial charge in [0.05, 0.1) is 0 Å². The summed E-state index contributed by atoms with van der Waals surface area (Å²) in [6.07, 6.45) is 2.34. The Labute approximate surface area is 82.9 Å². The molecule has 0 unspecified atom stereocenters. The molecule has 3 N–H and O–H groups in total. The Morgan fingerprint density at radius 1 is 1.50 bits per heavy atom. The number of nitrogens with two attached hydrogens (primary N) is 1. The first-order chi connectivity index (χ1) is 6.66. The molecule has 0 aromatic rings. The molecule has 80 valence electrons. The van der Waals surface area contributed by atoms with Crippen LogP contribution < -0.4 is 5.73 Å². The van der Waals surface area contributed by atoms with Crippen molar-refractivity contribution in [2.45, 2.75) is 31.7 Å². The van der Waals surface area contributed by atoms with Crippen LogP contribution in [0.5, 0.6) is 0 Å². The van der Waals surface area contributed by atoms with Crippen LogP contribution in [0, 0.1) is 0 Å². The van der Waals surface area contributed by atoms with Crippen molar-refractivity contribution in [3.8, 4) is 0 Å². The molecular formula is C9H16N2O3. The molecule has 0 radical (unpaired) electrons. The molecule has 1 rings (SSSR count). The van der Waals surface area contributed by atoms with Crippen molar-refractivity contribution in [2.75, 3.05) is 13.1 Å². The maximum atomic E-state index is 11.5. The van der Waals surface area contributed by atoms with Gasteiger partial charge < -0.3 is 15.7 Å². The van der Waals surface area contributed by atoms with Crippen molar-refractivity contribution in [1.82, 2.24) is 4.90 Å². The molecule has 1 aliphatic rings. The minimum absolute atomic E-state index is 0.0830. The number of hydrogen-bond acceptors (Lipinski definition) is 3. The largest absolute Gasteiger partial charge is 0.480 e. The van der Waals surface area contributed by atoms with Crippen molar-refractivity contribution < 1.29 is 14.7 Å². The van der Waals surface area contributed by atoms with E-state index in [1.54, 1.807) is 0 Å². The standard InChI is InChI=1S/C9H16N2O3/c10-5-1-4-8(12)11-6-2-3-7(11)9(13)14/h7H,1-6,10H2,(H,13,14)/t7-/m0/s1. The number of amides is 1. The summed E-state index contributed by atoms with van der Waals surface area (Å²) in [5.41, 5.74) is 5.28. The highest BCUT2D eigenvalue weighted by molar-refractivity contribution is 5.84. The molecule has 5 nitrogen and oxygen atoms in total. The molecule has 1 amide bonds. The van der Waals surface area contributed by atoms with Gasteiger partial charge in [-0.2, -0.15) is 0 Å². The summed E-state index contributed by atoms with van der Waals surface area (Å²) in [5.74, 6) is -0.982. The van der Waals surface area contributed by atoms with Crippen LogP contribution in [-0.4, -0.2) is 41.0 Å². The molecule has 1 atom stereocenters.